The van der Waals surface area contributed by atoms with E-state index in [4.69, 9.17) is 0 Å². The first-order valence-corrected chi connectivity index (χ1v) is 10.7. The molecule has 2 heterocycles. The fraction of sp³-hybridized carbons (Fsp3) is 0.318. The van der Waals surface area contributed by atoms with E-state index in [1.165, 1.54) is 28.3 Å². The zero-order chi connectivity index (χ0) is 20.0. The van der Waals surface area contributed by atoms with Gasteiger partial charge in [-0.25, -0.2) is 9.07 Å². The van der Waals surface area contributed by atoms with Crippen LogP contribution in [-0.2, 0) is 25.7 Å². The molecule has 0 bridgehead atoms. The highest BCUT2D eigenvalue weighted by Crippen LogP contribution is 2.38. The Kier molecular flexibility index (Phi) is 4.44. The lowest BCUT2D eigenvalue weighted by Crippen LogP contribution is -2.15. The molecule has 2 aliphatic carbocycles. The first kappa shape index (κ1) is 18.1. The number of aryl methyl sites for hydroxylation is 1. The summed E-state index contributed by atoms with van der Waals surface area (Å²) < 4.78 is 15.1. The van der Waals surface area contributed by atoms with Crippen molar-refractivity contribution in [2.45, 2.75) is 44.9 Å². The van der Waals surface area contributed by atoms with Crippen molar-refractivity contribution in [3.8, 4) is 11.8 Å². The lowest BCUT2D eigenvalue weighted by molar-refractivity contribution is 0.102. The average molecular weight is 406 g/mol. The number of carbonyl (C=O) groups excluding carboxylic acids is 1. The van der Waals surface area contributed by atoms with E-state index in [9.17, 15) is 14.4 Å². The molecule has 0 unspecified atom stereocenters. The molecule has 0 saturated heterocycles. The molecule has 1 aromatic carbocycles. The van der Waals surface area contributed by atoms with Gasteiger partial charge in [-0.1, -0.05) is 0 Å². The van der Waals surface area contributed by atoms with Crippen LogP contribution in [0.2, 0.25) is 0 Å². The number of aromatic nitrogens is 2. The van der Waals surface area contributed by atoms with E-state index in [1.54, 1.807) is 16.8 Å². The summed E-state index contributed by atoms with van der Waals surface area (Å²) in [5.74, 6) is -0.583. The summed E-state index contributed by atoms with van der Waals surface area (Å²) >= 11 is 1.52. The third kappa shape index (κ3) is 3.04. The maximum atomic E-state index is 13.3. The summed E-state index contributed by atoms with van der Waals surface area (Å²) in [4.78, 5) is 14.3. The predicted molar refractivity (Wildman–Crippen MR) is 109 cm³/mol. The maximum absolute atomic E-state index is 13.3. The zero-order valence-electron chi connectivity index (χ0n) is 15.8. The summed E-state index contributed by atoms with van der Waals surface area (Å²) in [6, 6.07) is 8.42. The number of nitriles is 1. The van der Waals surface area contributed by atoms with Gasteiger partial charge in [0.15, 0.2) is 5.69 Å². The second kappa shape index (κ2) is 7.12. The van der Waals surface area contributed by atoms with Crippen LogP contribution in [0.15, 0.2) is 24.3 Å². The van der Waals surface area contributed by atoms with Crippen LogP contribution in [0.4, 0.5) is 9.39 Å². The molecular formula is C22H19FN4OS. The van der Waals surface area contributed by atoms with Gasteiger partial charge in [0, 0.05) is 16.1 Å². The van der Waals surface area contributed by atoms with Crippen LogP contribution in [0, 0.1) is 17.1 Å². The maximum Gasteiger partial charge on any atom is 0.277 e. The summed E-state index contributed by atoms with van der Waals surface area (Å²) in [5, 5.41) is 17.8. The number of benzene rings is 1. The van der Waals surface area contributed by atoms with E-state index < -0.39 is 0 Å². The third-order valence-electron chi connectivity index (χ3n) is 5.73. The molecule has 29 heavy (non-hydrogen) atoms. The van der Waals surface area contributed by atoms with Gasteiger partial charge in [0.2, 0.25) is 0 Å². The first-order valence-electron chi connectivity index (χ1n) is 9.88. The normalized spacial score (nSPS) is 14.9. The number of rotatable bonds is 3. The van der Waals surface area contributed by atoms with Crippen molar-refractivity contribution in [2.75, 3.05) is 5.32 Å². The van der Waals surface area contributed by atoms with Gasteiger partial charge in [0.05, 0.1) is 11.3 Å². The van der Waals surface area contributed by atoms with E-state index in [2.05, 4.69) is 16.5 Å². The Bertz CT molecular complexity index is 1150. The smallest absolute Gasteiger partial charge is 0.277 e. The Morgan fingerprint density at radius 2 is 1.86 bits per heavy atom. The van der Waals surface area contributed by atoms with Crippen molar-refractivity contribution in [1.29, 1.82) is 5.26 Å². The molecule has 0 spiro atoms. The van der Waals surface area contributed by atoms with Gasteiger partial charge in [-0.3, -0.25) is 4.79 Å². The van der Waals surface area contributed by atoms with Crippen LogP contribution >= 0.6 is 11.3 Å². The van der Waals surface area contributed by atoms with E-state index in [0.717, 1.165) is 67.5 Å². The Morgan fingerprint density at radius 3 is 2.66 bits per heavy atom. The fourth-order valence-corrected chi connectivity index (χ4v) is 5.58. The van der Waals surface area contributed by atoms with Gasteiger partial charge in [0.1, 0.15) is 16.9 Å². The highest BCUT2D eigenvalue weighted by molar-refractivity contribution is 7.16. The number of thiophene rings is 1. The van der Waals surface area contributed by atoms with Gasteiger partial charge in [-0.05, 0) is 74.8 Å². The Hall–Kier alpha value is -2.98. The number of nitrogens with one attached hydrogen (secondary N) is 1. The molecule has 3 aromatic rings. The van der Waals surface area contributed by atoms with Gasteiger partial charge >= 0.3 is 0 Å². The molecular weight excluding hydrogens is 387 g/mol. The highest BCUT2D eigenvalue weighted by atomic mass is 32.1. The molecule has 2 aliphatic rings. The number of amides is 1. The van der Waals surface area contributed by atoms with Crippen molar-refractivity contribution in [2.24, 2.45) is 0 Å². The van der Waals surface area contributed by atoms with Gasteiger partial charge < -0.3 is 5.32 Å². The van der Waals surface area contributed by atoms with Crippen molar-refractivity contribution >= 4 is 22.2 Å². The number of anilines is 1. The molecule has 0 radical (unpaired) electrons. The molecule has 5 nitrogen and oxygen atoms in total. The summed E-state index contributed by atoms with van der Waals surface area (Å²) in [6.07, 6.45) is 6.68. The number of hydrogen-bond donors (Lipinski definition) is 1. The highest BCUT2D eigenvalue weighted by Gasteiger charge is 2.29. The van der Waals surface area contributed by atoms with E-state index in [0.29, 0.717) is 16.3 Å². The van der Waals surface area contributed by atoms with Crippen LogP contribution < -0.4 is 5.32 Å². The van der Waals surface area contributed by atoms with Crippen molar-refractivity contribution in [3.63, 3.8) is 0 Å². The SMILES string of the molecule is N#Cc1c(NC(=O)c2nn(-c3ccc(F)cc3)c3c2CCC3)sc2c1CCCC2. The lowest BCUT2D eigenvalue weighted by atomic mass is 9.96. The summed E-state index contributed by atoms with van der Waals surface area (Å²) in [7, 11) is 0. The van der Waals surface area contributed by atoms with Crippen LogP contribution in [0.5, 0.6) is 0 Å². The third-order valence-corrected chi connectivity index (χ3v) is 6.93. The average Bonchev–Trinajstić information content (AvgIpc) is 3.41. The molecule has 0 atom stereocenters. The summed E-state index contributed by atoms with van der Waals surface area (Å²) in [5.41, 5.74) is 4.80. The molecule has 1 N–H and O–H groups in total. The number of carbonyl (C=O) groups is 1. The molecule has 146 valence electrons. The Labute approximate surface area is 171 Å². The lowest BCUT2D eigenvalue weighted by Gasteiger charge is -2.09. The number of halogens is 1. The molecule has 7 heteroatoms. The monoisotopic (exact) mass is 406 g/mol. The zero-order valence-corrected chi connectivity index (χ0v) is 16.6. The first-order chi connectivity index (χ1) is 14.2. The van der Waals surface area contributed by atoms with E-state index in [-0.39, 0.29) is 11.7 Å². The quantitative estimate of drug-likeness (QED) is 0.693. The Balaban J connectivity index is 1.50. The standard InChI is InChI=1S/C22H19FN4OS/c23-13-8-10-14(11-9-13)27-18-6-3-5-16(18)20(26-27)21(28)25-22-17(12-24)15-4-1-2-7-19(15)29-22/h8-11H,1-7H2,(H,25,28). The van der Waals surface area contributed by atoms with Gasteiger partial charge in [0.25, 0.3) is 5.91 Å². The van der Waals surface area contributed by atoms with Crippen molar-refractivity contribution in [1.82, 2.24) is 9.78 Å². The Morgan fingerprint density at radius 1 is 1.10 bits per heavy atom. The number of nitrogens with zero attached hydrogens (tertiary/aromatic N) is 3. The van der Waals surface area contributed by atoms with E-state index >= 15 is 0 Å². The van der Waals surface area contributed by atoms with Gasteiger partial charge in [-0.15, -0.1) is 11.3 Å². The largest absolute Gasteiger partial charge is 0.311 e. The van der Waals surface area contributed by atoms with Crippen molar-refractivity contribution < 1.29 is 9.18 Å². The number of hydrogen-bond acceptors (Lipinski definition) is 4. The molecule has 1 amide bonds. The minimum Gasteiger partial charge on any atom is -0.311 e. The second-order valence-electron chi connectivity index (χ2n) is 7.50. The van der Waals surface area contributed by atoms with Gasteiger partial charge in [-0.2, -0.15) is 10.4 Å². The van der Waals surface area contributed by atoms with E-state index in [1.807, 2.05) is 0 Å². The molecule has 2 aromatic heterocycles. The fourth-order valence-electron chi connectivity index (χ4n) is 4.35. The minimum atomic E-state index is -0.304. The van der Waals surface area contributed by atoms with Crippen molar-refractivity contribution in [3.05, 3.63) is 63.0 Å². The summed E-state index contributed by atoms with van der Waals surface area (Å²) in [6.45, 7) is 0. The molecule has 0 saturated carbocycles. The molecule has 0 aliphatic heterocycles. The number of fused-ring (bicyclic) bond motifs is 2. The minimum absolute atomic E-state index is 0.279. The topological polar surface area (TPSA) is 70.7 Å². The predicted octanol–water partition coefficient (Wildman–Crippen LogP) is 4.56. The van der Waals surface area contributed by atoms with Crippen LogP contribution in [0.1, 0.15) is 57.0 Å². The van der Waals surface area contributed by atoms with Crippen LogP contribution in [-0.4, -0.2) is 15.7 Å². The van der Waals surface area contributed by atoms with Crippen LogP contribution in [0.25, 0.3) is 5.69 Å². The molecule has 5 rings (SSSR count). The van der Waals surface area contributed by atoms with Crippen LogP contribution in [0.3, 0.4) is 0 Å². The second-order valence-corrected chi connectivity index (χ2v) is 8.60. The molecule has 0 fully saturated rings.